The summed E-state index contributed by atoms with van der Waals surface area (Å²) in [4.78, 5) is 11.0. The van der Waals surface area contributed by atoms with E-state index in [1.807, 2.05) is 24.3 Å². The van der Waals surface area contributed by atoms with Crippen LogP contribution in [-0.2, 0) is 16.0 Å². The third-order valence-electron chi connectivity index (χ3n) is 1.79. The van der Waals surface area contributed by atoms with Crippen molar-refractivity contribution in [1.82, 2.24) is 0 Å². The van der Waals surface area contributed by atoms with Crippen LogP contribution in [0.5, 0.6) is 0 Å². The molecule has 0 fully saturated rings. The van der Waals surface area contributed by atoms with E-state index in [0.29, 0.717) is 6.42 Å². The molecule has 0 heterocycles. The molecule has 0 bridgehead atoms. The number of rotatable bonds is 3. The van der Waals surface area contributed by atoms with Crippen molar-refractivity contribution in [2.45, 2.75) is 11.8 Å². The highest BCUT2D eigenvalue weighted by atomic mass is 127. The molecule has 76 valence electrons. The number of benzene rings is 1. The third kappa shape index (κ3) is 3.46. The zero-order valence-electron chi connectivity index (χ0n) is 7.67. The number of ether oxygens (including phenoxy) is 1. The molecule has 1 rings (SSSR count). The summed E-state index contributed by atoms with van der Waals surface area (Å²) in [7, 11) is 1.34. The molecule has 14 heavy (non-hydrogen) atoms. The Balaban J connectivity index is 2.60. The zero-order valence-corrected chi connectivity index (χ0v) is 10.6. The smallest absolute Gasteiger partial charge is 0.324 e. The van der Waals surface area contributed by atoms with Gasteiger partial charge in [0.2, 0.25) is 0 Å². The number of carbonyl (C=O) groups is 1. The summed E-state index contributed by atoms with van der Waals surface area (Å²) in [6.07, 6.45) is 0.505. The van der Waals surface area contributed by atoms with Crippen LogP contribution in [0.4, 0.5) is 0 Å². The van der Waals surface area contributed by atoms with Gasteiger partial charge in [0, 0.05) is 3.57 Å². The van der Waals surface area contributed by atoms with Crippen molar-refractivity contribution < 1.29 is 9.53 Å². The number of halogens is 2. The Labute approximate surface area is 102 Å². The summed E-state index contributed by atoms with van der Waals surface area (Å²) in [6.45, 7) is 0. The number of carbonyl (C=O) groups excluding carboxylic acids is 1. The Morgan fingerprint density at radius 1 is 1.50 bits per heavy atom. The van der Waals surface area contributed by atoms with Crippen molar-refractivity contribution in [3.63, 3.8) is 0 Å². The quantitative estimate of drug-likeness (QED) is 0.485. The minimum Gasteiger partial charge on any atom is -0.468 e. The summed E-state index contributed by atoms with van der Waals surface area (Å²) in [5.74, 6) is -0.384. The van der Waals surface area contributed by atoms with Crippen molar-refractivity contribution in [3.05, 3.63) is 33.4 Å². The van der Waals surface area contributed by atoms with Crippen molar-refractivity contribution in [2.24, 2.45) is 0 Å². The summed E-state index contributed by atoms with van der Waals surface area (Å²) < 4.78 is 5.70. The summed E-state index contributed by atoms with van der Waals surface area (Å²) >= 11 is 8.06. The van der Waals surface area contributed by atoms with Gasteiger partial charge in [0.1, 0.15) is 5.38 Å². The molecule has 1 atom stereocenters. The van der Waals surface area contributed by atoms with Gasteiger partial charge in [-0.3, -0.25) is 4.79 Å². The van der Waals surface area contributed by atoms with Crippen LogP contribution < -0.4 is 0 Å². The molecular formula is C10H10ClIO2. The van der Waals surface area contributed by atoms with E-state index in [1.165, 1.54) is 7.11 Å². The fraction of sp³-hybridized carbons (Fsp3) is 0.300. The first-order chi connectivity index (χ1) is 6.63. The van der Waals surface area contributed by atoms with E-state index in [2.05, 4.69) is 27.3 Å². The minimum atomic E-state index is -0.597. The SMILES string of the molecule is COC(=O)C(Cl)Cc1ccc(I)cc1. The van der Waals surface area contributed by atoms with Gasteiger partial charge in [-0.1, -0.05) is 12.1 Å². The predicted molar refractivity (Wildman–Crippen MR) is 64.5 cm³/mol. The molecule has 2 nitrogen and oxygen atoms in total. The van der Waals surface area contributed by atoms with Gasteiger partial charge in [0.25, 0.3) is 0 Å². The molecule has 1 unspecified atom stereocenters. The van der Waals surface area contributed by atoms with Gasteiger partial charge < -0.3 is 4.74 Å². The van der Waals surface area contributed by atoms with E-state index in [-0.39, 0.29) is 5.97 Å². The van der Waals surface area contributed by atoms with Gasteiger partial charge in [-0.25, -0.2) is 0 Å². The van der Waals surface area contributed by atoms with Crippen LogP contribution in [0, 0.1) is 3.57 Å². The Morgan fingerprint density at radius 3 is 2.57 bits per heavy atom. The number of methoxy groups -OCH3 is 1. The molecule has 0 N–H and O–H groups in total. The van der Waals surface area contributed by atoms with Crippen LogP contribution in [0.1, 0.15) is 5.56 Å². The summed E-state index contributed by atoms with van der Waals surface area (Å²) in [5.41, 5.74) is 1.04. The maximum Gasteiger partial charge on any atom is 0.324 e. The van der Waals surface area contributed by atoms with Crippen LogP contribution in [0.3, 0.4) is 0 Å². The summed E-state index contributed by atoms with van der Waals surface area (Å²) in [5, 5.41) is -0.597. The molecule has 1 aromatic rings. The summed E-state index contributed by atoms with van der Waals surface area (Å²) in [6, 6.07) is 7.88. The molecule has 0 saturated carbocycles. The highest BCUT2D eigenvalue weighted by Crippen LogP contribution is 2.12. The van der Waals surface area contributed by atoms with Gasteiger partial charge in [-0.05, 0) is 46.7 Å². The largest absolute Gasteiger partial charge is 0.468 e. The van der Waals surface area contributed by atoms with E-state index in [1.54, 1.807) is 0 Å². The average molecular weight is 325 g/mol. The lowest BCUT2D eigenvalue weighted by Gasteiger charge is -2.06. The Kier molecular flexibility index (Phi) is 4.68. The average Bonchev–Trinajstić information content (AvgIpc) is 2.20. The monoisotopic (exact) mass is 324 g/mol. The van der Waals surface area contributed by atoms with Crippen molar-refractivity contribution in [1.29, 1.82) is 0 Å². The van der Waals surface area contributed by atoms with Crippen molar-refractivity contribution in [2.75, 3.05) is 7.11 Å². The van der Waals surface area contributed by atoms with E-state index in [0.717, 1.165) is 9.13 Å². The Morgan fingerprint density at radius 2 is 2.07 bits per heavy atom. The first-order valence-electron chi connectivity index (χ1n) is 4.10. The van der Waals surface area contributed by atoms with Crippen LogP contribution in [0.2, 0.25) is 0 Å². The Hall–Kier alpha value is -0.290. The second kappa shape index (κ2) is 5.56. The van der Waals surface area contributed by atoms with E-state index < -0.39 is 5.38 Å². The standard InChI is InChI=1S/C10H10ClIO2/c1-14-10(13)9(11)6-7-2-4-8(12)5-3-7/h2-5,9H,6H2,1H3. The molecule has 0 radical (unpaired) electrons. The maximum absolute atomic E-state index is 11.0. The minimum absolute atomic E-state index is 0.384. The Bertz CT molecular complexity index is 310. The fourth-order valence-electron chi connectivity index (χ4n) is 1.04. The first-order valence-corrected chi connectivity index (χ1v) is 5.61. The molecule has 0 saturated heterocycles. The molecule has 0 aromatic heterocycles. The lowest BCUT2D eigenvalue weighted by atomic mass is 10.1. The van der Waals surface area contributed by atoms with Crippen molar-refractivity contribution >= 4 is 40.2 Å². The predicted octanol–water partition coefficient (Wildman–Crippen LogP) is 2.61. The maximum atomic E-state index is 11.0. The zero-order chi connectivity index (χ0) is 10.6. The van der Waals surface area contributed by atoms with Gasteiger partial charge in [-0.15, -0.1) is 11.6 Å². The van der Waals surface area contributed by atoms with Crippen LogP contribution in [0.25, 0.3) is 0 Å². The van der Waals surface area contributed by atoms with E-state index in [9.17, 15) is 4.79 Å². The van der Waals surface area contributed by atoms with Gasteiger partial charge in [-0.2, -0.15) is 0 Å². The molecule has 0 aliphatic carbocycles. The molecule has 1 aromatic carbocycles. The van der Waals surface area contributed by atoms with E-state index >= 15 is 0 Å². The van der Waals surface area contributed by atoms with Crippen LogP contribution >= 0.6 is 34.2 Å². The third-order valence-corrected chi connectivity index (χ3v) is 2.84. The van der Waals surface area contributed by atoms with Gasteiger partial charge >= 0.3 is 5.97 Å². The number of hydrogen-bond acceptors (Lipinski definition) is 2. The fourth-order valence-corrected chi connectivity index (χ4v) is 1.67. The number of hydrogen-bond donors (Lipinski definition) is 0. The molecule has 0 spiro atoms. The second-order valence-corrected chi connectivity index (χ2v) is 4.59. The molecule has 4 heteroatoms. The topological polar surface area (TPSA) is 26.3 Å². The van der Waals surface area contributed by atoms with Gasteiger partial charge in [0.05, 0.1) is 7.11 Å². The second-order valence-electron chi connectivity index (χ2n) is 2.82. The van der Waals surface area contributed by atoms with E-state index in [4.69, 9.17) is 11.6 Å². The number of esters is 1. The van der Waals surface area contributed by atoms with Crippen molar-refractivity contribution in [3.8, 4) is 0 Å². The lowest BCUT2D eigenvalue weighted by Crippen LogP contribution is -2.18. The molecular weight excluding hydrogens is 314 g/mol. The van der Waals surface area contributed by atoms with Gasteiger partial charge in [0.15, 0.2) is 0 Å². The number of alkyl halides is 1. The lowest BCUT2D eigenvalue weighted by molar-refractivity contribution is -0.140. The molecule has 0 amide bonds. The molecule has 0 aliphatic rings. The normalized spacial score (nSPS) is 12.2. The highest BCUT2D eigenvalue weighted by Gasteiger charge is 2.15. The molecule has 0 aliphatic heterocycles. The van der Waals surface area contributed by atoms with Crippen LogP contribution in [-0.4, -0.2) is 18.5 Å². The van der Waals surface area contributed by atoms with Crippen LogP contribution in [0.15, 0.2) is 24.3 Å². The highest BCUT2D eigenvalue weighted by molar-refractivity contribution is 14.1. The first kappa shape index (κ1) is 11.8.